The van der Waals surface area contributed by atoms with Gasteiger partial charge in [-0.3, -0.25) is 0 Å². The lowest BCUT2D eigenvalue weighted by Crippen LogP contribution is -1.96. The van der Waals surface area contributed by atoms with Crippen LogP contribution in [0.3, 0.4) is 0 Å². The van der Waals surface area contributed by atoms with Crippen LogP contribution >= 0.6 is 0 Å². The highest BCUT2D eigenvalue weighted by Crippen LogP contribution is 2.17. The molecular weight excluding hydrogens is 168 g/mol. The Morgan fingerprint density at radius 1 is 1.46 bits per heavy atom. The van der Waals surface area contributed by atoms with Crippen molar-refractivity contribution in [2.24, 2.45) is 0 Å². The number of carbonyl (C=O) groups is 1. The van der Waals surface area contributed by atoms with Crippen molar-refractivity contribution in [3.8, 4) is 17.6 Å². The first-order chi connectivity index (χ1) is 6.15. The first-order valence-corrected chi connectivity index (χ1v) is 3.64. The van der Waals surface area contributed by atoms with Crippen LogP contribution in [0.15, 0.2) is 18.2 Å². The number of aromatic carboxylic acids is 1. The molecule has 1 rings (SSSR count). The monoisotopic (exact) mass is 176 g/mol. The van der Waals surface area contributed by atoms with Crippen molar-refractivity contribution in [2.45, 2.75) is 6.92 Å². The summed E-state index contributed by atoms with van der Waals surface area (Å²) in [4.78, 5) is 10.6. The molecule has 1 aromatic carbocycles. The van der Waals surface area contributed by atoms with Gasteiger partial charge in [0, 0.05) is 5.56 Å². The number of hydrogen-bond donors (Lipinski definition) is 2. The van der Waals surface area contributed by atoms with E-state index in [9.17, 15) is 4.79 Å². The molecule has 3 nitrogen and oxygen atoms in total. The molecular formula is C10H8O3. The molecule has 0 saturated heterocycles. The molecule has 13 heavy (non-hydrogen) atoms. The SMILES string of the molecule is CC#Cc1ccc(O)c(C(=O)O)c1. The zero-order chi connectivity index (χ0) is 9.84. The second-order valence-corrected chi connectivity index (χ2v) is 2.41. The third-order valence-electron chi connectivity index (χ3n) is 1.50. The highest BCUT2D eigenvalue weighted by atomic mass is 16.4. The summed E-state index contributed by atoms with van der Waals surface area (Å²) < 4.78 is 0. The van der Waals surface area contributed by atoms with Crippen molar-refractivity contribution in [3.63, 3.8) is 0 Å². The molecule has 3 heteroatoms. The lowest BCUT2D eigenvalue weighted by molar-refractivity contribution is 0.0693. The van der Waals surface area contributed by atoms with Crippen LogP contribution in [-0.2, 0) is 0 Å². The number of benzene rings is 1. The van der Waals surface area contributed by atoms with Gasteiger partial charge in [0.25, 0.3) is 0 Å². The van der Waals surface area contributed by atoms with Gasteiger partial charge in [-0.2, -0.15) is 0 Å². The van der Waals surface area contributed by atoms with Gasteiger partial charge in [-0.1, -0.05) is 5.92 Å². The van der Waals surface area contributed by atoms with Crippen molar-refractivity contribution in [2.75, 3.05) is 0 Å². The van der Waals surface area contributed by atoms with E-state index in [1.54, 1.807) is 13.0 Å². The number of hydrogen-bond acceptors (Lipinski definition) is 2. The number of aromatic hydroxyl groups is 1. The first kappa shape index (κ1) is 9.14. The van der Waals surface area contributed by atoms with E-state index in [-0.39, 0.29) is 11.3 Å². The maximum atomic E-state index is 10.6. The van der Waals surface area contributed by atoms with Crippen molar-refractivity contribution in [1.82, 2.24) is 0 Å². The Morgan fingerprint density at radius 3 is 2.69 bits per heavy atom. The van der Waals surface area contributed by atoms with Gasteiger partial charge in [0.05, 0.1) is 0 Å². The van der Waals surface area contributed by atoms with Crippen LogP contribution in [0.1, 0.15) is 22.8 Å². The summed E-state index contributed by atoms with van der Waals surface area (Å²) in [6.07, 6.45) is 0. The predicted molar refractivity (Wildman–Crippen MR) is 47.6 cm³/mol. The smallest absolute Gasteiger partial charge is 0.339 e. The molecule has 0 aliphatic heterocycles. The van der Waals surface area contributed by atoms with Crippen molar-refractivity contribution in [3.05, 3.63) is 29.3 Å². The third kappa shape index (κ3) is 2.00. The molecule has 0 aromatic heterocycles. The van der Waals surface area contributed by atoms with Gasteiger partial charge < -0.3 is 10.2 Å². The van der Waals surface area contributed by atoms with Gasteiger partial charge in [0.1, 0.15) is 11.3 Å². The molecule has 2 N–H and O–H groups in total. The van der Waals surface area contributed by atoms with Crippen molar-refractivity contribution >= 4 is 5.97 Å². The summed E-state index contributed by atoms with van der Waals surface area (Å²) in [7, 11) is 0. The summed E-state index contributed by atoms with van der Waals surface area (Å²) >= 11 is 0. The van der Waals surface area contributed by atoms with E-state index in [0.29, 0.717) is 5.56 Å². The standard InChI is InChI=1S/C10H8O3/c1-2-3-7-4-5-9(11)8(6-7)10(12)13/h4-6,11H,1H3,(H,12,13). The van der Waals surface area contributed by atoms with E-state index in [4.69, 9.17) is 10.2 Å². The highest BCUT2D eigenvalue weighted by Gasteiger charge is 2.08. The van der Waals surface area contributed by atoms with Crippen molar-refractivity contribution < 1.29 is 15.0 Å². The minimum absolute atomic E-state index is 0.125. The molecule has 0 aliphatic carbocycles. The molecule has 0 bridgehead atoms. The zero-order valence-corrected chi connectivity index (χ0v) is 7.03. The summed E-state index contributed by atoms with van der Waals surface area (Å²) in [5, 5.41) is 17.8. The highest BCUT2D eigenvalue weighted by molar-refractivity contribution is 5.91. The van der Waals surface area contributed by atoms with Crippen molar-refractivity contribution in [1.29, 1.82) is 0 Å². The molecule has 0 amide bonds. The van der Waals surface area contributed by atoms with E-state index in [0.717, 1.165) is 0 Å². The Kier molecular flexibility index (Phi) is 2.56. The predicted octanol–water partition coefficient (Wildman–Crippen LogP) is 1.46. The summed E-state index contributed by atoms with van der Waals surface area (Å²) in [6.45, 7) is 1.66. The summed E-state index contributed by atoms with van der Waals surface area (Å²) in [6, 6.07) is 4.23. The Morgan fingerprint density at radius 2 is 2.15 bits per heavy atom. The van der Waals surface area contributed by atoms with Crippen LogP contribution < -0.4 is 0 Å². The van der Waals surface area contributed by atoms with Gasteiger partial charge in [-0.05, 0) is 25.1 Å². The van der Waals surface area contributed by atoms with E-state index in [2.05, 4.69) is 11.8 Å². The second kappa shape index (κ2) is 3.63. The number of phenols is 1. The largest absolute Gasteiger partial charge is 0.507 e. The maximum Gasteiger partial charge on any atom is 0.339 e. The van der Waals surface area contributed by atoms with Crippen LogP contribution in [0, 0.1) is 11.8 Å². The fourth-order valence-electron chi connectivity index (χ4n) is 0.929. The second-order valence-electron chi connectivity index (χ2n) is 2.41. The normalized spacial score (nSPS) is 8.69. The van der Waals surface area contributed by atoms with Crippen LogP contribution in [0.5, 0.6) is 5.75 Å². The average molecular weight is 176 g/mol. The molecule has 0 saturated carbocycles. The quantitative estimate of drug-likeness (QED) is 0.637. The number of carboxylic acid groups (broad SMARTS) is 1. The minimum atomic E-state index is -1.16. The summed E-state index contributed by atoms with van der Waals surface area (Å²) in [5.41, 5.74) is 0.456. The fraction of sp³-hybridized carbons (Fsp3) is 0.100. The lowest BCUT2D eigenvalue weighted by Gasteiger charge is -1.98. The fourth-order valence-corrected chi connectivity index (χ4v) is 0.929. The van der Waals surface area contributed by atoms with E-state index in [1.807, 2.05) is 0 Å². The Bertz CT molecular complexity index is 396. The molecule has 1 aromatic rings. The molecule has 0 fully saturated rings. The average Bonchev–Trinajstić information content (AvgIpc) is 2.08. The van der Waals surface area contributed by atoms with Gasteiger partial charge in [-0.25, -0.2) is 4.79 Å². The Labute approximate surface area is 75.6 Å². The van der Waals surface area contributed by atoms with Gasteiger partial charge in [0.2, 0.25) is 0 Å². The minimum Gasteiger partial charge on any atom is -0.507 e. The van der Waals surface area contributed by atoms with E-state index in [1.165, 1.54) is 12.1 Å². The summed E-state index contributed by atoms with van der Waals surface area (Å²) in [5.74, 6) is 3.95. The van der Waals surface area contributed by atoms with Crippen LogP contribution in [0.2, 0.25) is 0 Å². The molecule has 0 unspecified atom stereocenters. The lowest BCUT2D eigenvalue weighted by atomic mass is 10.1. The number of rotatable bonds is 1. The Hall–Kier alpha value is -1.95. The van der Waals surface area contributed by atoms with Crippen LogP contribution in [-0.4, -0.2) is 16.2 Å². The molecule has 66 valence electrons. The van der Waals surface area contributed by atoms with E-state index >= 15 is 0 Å². The van der Waals surface area contributed by atoms with Gasteiger partial charge >= 0.3 is 5.97 Å². The molecule has 0 spiro atoms. The third-order valence-corrected chi connectivity index (χ3v) is 1.50. The molecule has 0 atom stereocenters. The Balaban J connectivity index is 3.24. The van der Waals surface area contributed by atoms with Gasteiger partial charge in [0.15, 0.2) is 0 Å². The van der Waals surface area contributed by atoms with Gasteiger partial charge in [-0.15, -0.1) is 5.92 Å². The molecule has 0 heterocycles. The zero-order valence-electron chi connectivity index (χ0n) is 7.03. The maximum absolute atomic E-state index is 10.6. The number of carboxylic acids is 1. The van der Waals surface area contributed by atoms with Crippen LogP contribution in [0.4, 0.5) is 0 Å². The molecule has 0 aliphatic rings. The topological polar surface area (TPSA) is 57.5 Å². The van der Waals surface area contributed by atoms with E-state index < -0.39 is 5.97 Å². The molecule has 0 radical (unpaired) electrons. The first-order valence-electron chi connectivity index (χ1n) is 3.64. The van der Waals surface area contributed by atoms with Crippen LogP contribution in [0.25, 0.3) is 0 Å².